The van der Waals surface area contributed by atoms with Gasteiger partial charge in [0.15, 0.2) is 0 Å². The van der Waals surface area contributed by atoms with Crippen molar-refractivity contribution < 1.29 is 4.79 Å². The molecule has 122 valence electrons. The van der Waals surface area contributed by atoms with Gasteiger partial charge in [-0.2, -0.15) is 0 Å². The van der Waals surface area contributed by atoms with E-state index in [0.29, 0.717) is 6.54 Å². The Morgan fingerprint density at radius 3 is 3.09 bits per heavy atom. The second-order valence-corrected chi connectivity index (χ2v) is 6.97. The van der Waals surface area contributed by atoms with Gasteiger partial charge < -0.3 is 5.32 Å². The molecule has 2 aromatic heterocycles. The maximum atomic E-state index is 11.1. The lowest BCUT2D eigenvalue weighted by Gasteiger charge is -2.23. The fourth-order valence-corrected chi connectivity index (χ4v) is 3.88. The first-order valence-corrected chi connectivity index (χ1v) is 8.84. The fourth-order valence-electron chi connectivity index (χ4n) is 2.95. The third-order valence-electron chi connectivity index (χ3n) is 4.23. The summed E-state index contributed by atoms with van der Waals surface area (Å²) in [7, 11) is 0. The first kappa shape index (κ1) is 16.1. The third kappa shape index (κ3) is 3.95. The van der Waals surface area contributed by atoms with Crippen LogP contribution in [0.25, 0.3) is 0 Å². The quantitative estimate of drug-likeness (QED) is 0.916. The highest BCUT2D eigenvalue weighted by Crippen LogP contribution is 2.32. The Kier molecular flexibility index (Phi) is 5.03. The molecule has 0 spiro atoms. The molecule has 1 saturated heterocycles. The molecule has 3 rings (SSSR count). The van der Waals surface area contributed by atoms with Gasteiger partial charge in [-0.05, 0) is 49.4 Å². The van der Waals surface area contributed by atoms with Crippen LogP contribution in [0, 0.1) is 6.92 Å². The lowest BCUT2D eigenvalue weighted by atomic mass is 10.2. The summed E-state index contributed by atoms with van der Waals surface area (Å²) in [6.45, 7) is 6.20. The van der Waals surface area contributed by atoms with Crippen LogP contribution in [0.4, 0.5) is 0 Å². The summed E-state index contributed by atoms with van der Waals surface area (Å²) < 4.78 is 0. The highest BCUT2D eigenvalue weighted by molar-refractivity contribution is 7.10. The molecule has 0 unspecified atom stereocenters. The zero-order chi connectivity index (χ0) is 16.2. The monoisotopic (exact) mass is 330 g/mol. The summed E-state index contributed by atoms with van der Waals surface area (Å²) in [4.78, 5) is 24.1. The Labute approximate surface area is 140 Å². The number of nitrogens with zero attached hydrogens (tertiary/aromatic N) is 3. The number of hydrogen-bond donors (Lipinski definition) is 1. The molecular weight excluding hydrogens is 308 g/mol. The molecule has 2 aromatic rings. The van der Waals surface area contributed by atoms with E-state index in [0.717, 1.165) is 31.0 Å². The molecule has 0 saturated carbocycles. The Bertz CT molecular complexity index is 685. The molecule has 6 heteroatoms. The third-order valence-corrected chi connectivity index (χ3v) is 5.23. The molecule has 5 nitrogen and oxygen atoms in total. The molecule has 1 atom stereocenters. The predicted molar refractivity (Wildman–Crippen MR) is 91.0 cm³/mol. The molecule has 0 aliphatic carbocycles. The van der Waals surface area contributed by atoms with Gasteiger partial charge in [-0.1, -0.05) is 0 Å². The van der Waals surface area contributed by atoms with Gasteiger partial charge in [0.1, 0.15) is 5.82 Å². The minimum Gasteiger partial charge on any atom is -0.351 e. The number of nitrogens with one attached hydrogen (secondary N) is 1. The largest absolute Gasteiger partial charge is 0.351 e. The van der Waals surface area contributed by atoms with Crippen LogP contribution in [-0.4, -0.2) is 27.3 Å². The predicted octanol–water partition coefficient (Wildman–Crippen LogP) is 2.82. The first-order valence-electron chi connectivity index (χ1n) is 7.97. The second kappa shape index (κ2) is 7.19. The highest BCUT2D eigenvalue weighted by atomic mass is 32.1. The van der Waals surface area contributed by atoms with E-state index in [9.17, 15) is 4.79 Å². The van der Waals surface area contributed by atoms with Crippen molar-refractivity contribution in [2.75, 3.05) is 6.54 Å². The molecule has 3 heterocycles. The second-order valence-electron chi connectivity index (χ2n) is 5.97. The maximum Gasteiger partial charge on any atom is 0.217 e. The van der Waals surface area contributed by atoms with Crippen molar-refractivity contribution in [2.45, 2.75) is 45.8 Å². The number of thiophene rings is 1. The summed E-state index contributed by atoms with van der Waals surface area (Å²) in [6, 6.07) is 4.31. The Morgan fingerprint density at radius 2 is 2.35 bits per heavy atom. The fraction of sp³-hybridized carbons (Fsp3) is 0.471. The molecular formula is C17H22N4OS. The standard InChI is InChI=1S/C17H22N4OS/c1-12-6-9-23-16(12)11-21-8-3-4-15(21)17-18-7-5-14(20-17)10-19-13(2)22/h5-7,9,15H,3-4,8,10-11H2,1-2H3,(H,19,22)/t15-/m0/s1. The summed E-state index contributed by atoms with van der Waals surface area (Å²) in [6.07, 6.45) is 4.06. The van der Waals surface area contributed by atoms with Crippen molar-refractivity contribution in [1.82, 2.24) is 20.2 Å². The zero-order valence-electron chi connectivity index (χ0n) is 13.6. The SMILES string of the molecule is CC(=O)NCc1ccnc([C@@H]2CCCN2Cc2sccc2C)n1. The number of carbonyl (C=O) groups excluding carboxylic acids is 1. The highest BCUT2D eigenvalue weighted by Gasteiger charge is 2.28. The average molecular weight is 330 g/mol. The number of rotatable bonds is 5. The normalized spacial score (nSPS) is 18.3. The van der Waals surface area contributed by atoms with Crippen molar-refractivity contribution >= 4 is 17.2 Å². The minimum atomic E-state index is -0.0409. The molecule has 1 aliphatic rings. The summed E-state index contributed by atoms with van der Waals surface area (Å²) >= 11 is 1.82. The van der Waals surface area contributed by atoms with Crippen molar-refractivity contribution in [2.24, 2.45) is 0 Å². The van der Waals surface area contributed by atoms with Gasteiger partial charge >= 0.3 is 0 Å². The molecule has 1 amide bonds. The van der Waals surface area contributed by atoms with Gasteiger partial charge in [-0.3, -0.25) is 9.69 Å². The van der Waals surface area contributed by atoms with E-state index in [1.807, 2.05) is 17.4 Å². The van der Waals surface area contributed by atoms with Crippen molar-refractivity contribution in [1.29, 1.82) is 0 Å². The lowest BCUT2D eigenvalue weighted by Crippen LogP contribution is -2.25. The number of hydrogen-bond acceptors (Lipinski definition) is 5. The van der Waals surface area contributed by atoms with Crippen LogP contribution in [-0.2, 0) is 17.9 Å². The van der Waals surface area contributed by atoms with Crippen molar-refractivity contribution in [3.05, 3.63) is 45.7 Å². The van der Waals surface area contributed by atoms with Gasteiger partial charge in [0.25, 0.3) is 0 Å². The van der Waals surface area contributed by atoms with Gasteiger partial charge in [-0.25, -0.2) is 9.97 Å². The Balaban J connectivity index is 1.73. The van der Waals surface area contributed by atoms with Crippen LogP contribution in [0.2, 0.25) is 0 Å². The van der Waals surface area contributed by atoms with Crippen LogP contribution >= 0.6 is 11.3 Å². The molecule has 1 fully saturated rings. The van der Waals surface area contributed by atoms with Crippen LogP contribution in [0.5, 0.6) is 0 Å². The number of amides is 1. The lowest BCUT2D eigenvalue weighted by molar-refractivity contribution is -0.119. The van der Waals surface area contributed by atoms with Crippen molar-refractivity contribution in [3.8, 4) is 0 Å². The molecule has 0 aromatic carbocycles. The van der Waals surface area contributed by atoms with Crippen LogP contribution in [0.3, 0.4) is 0 Å². The number of aryl methyl sites for hydroxylation is 1. The van der Waals surface area contributed by atoms with Crippen molar-refractivity contribution in [3.63, 3.8) is 0 Å². The van der Waals surface area contributed by atoms with E-state index >= 15 is 0 Å². The van der Waals surface area contributed by atoms with E-state index < -0.39 is 0 Å². The van der Waals surface area contributed by atoms with Gasteiger partial charge in [0.2, 0.25) is 5.91 Å². The van der Waals surface area contributed by atoms with E-state index in [1.54, 1.807) is 6.20 Å². The molecule has 0 bridgehead atoms. The molecule has 0 radical (unpaired) electrons. The number of likely N-dealkylation sites (tertiary alicyclic amines) is 1. The maximum absolute atomic E-state index is 11.1. The Hall–Kier alpha value is -1.79. The summed E-state index contributed by atoms with van der Waals surface area (Å²) in [5.41, 5.74) is 2.23. The van der Waals surface area contributed by atoms with E-state index in [2.05, 4.69) is 38.6 Å². The first-order chi connectivity index (χ1) is 11.1. The van der Waals surface area contributed by atoms with E-state index in [-0.39, 0.29) is 11.9 Å². The molecule has 1 N–H and O–H groups in total. The average Bonchev–Trinajstić information content (AvgIpc) is 3.16. The topological polar surface area (TPSA) is 58.1 Å². The Morgan fingerprint density at radius 1 is 1.48 bits per heavy atom. The molecule has 23 heavy (non-hydrogen) atoms. The zero-order valence-corrected chi connectivity index (χ0v) is 14.4. The minimum absolute atomic E-state index is 0.0409. The van der Waals surface area contributed by atoms with Crippen LogP contribution in [0.15, 0.2) is 23.7 Å². The van der Waals surface area contributed by atoms with E-state index in [4.69, 9.17) is 0 Å². The smallest absolute Gasteiger partial charge is 0.217 e. The van der Waals surface area contributed by atoms with Crippen LogP contribution < -0.4 is 5.32 Å². The number of carbonyl (C=O) groups is 1. The summed E-state index contributed by atoms with van der Waals surface area (Å²) in [5, 5.41) is 4.95. The summed E-state index contributed by atoms with van der Waals surface area (Å²) in [5.74, 6) is 0.834. The van der Waals surface area contributed by atoms with Gasteiger partial charge in [0.05, 0.1) is 18.3 Å². The van der Waals surface area contributed by atoms with Crippen LogP contribution in [0.1, 0.15) is 47.8 Å². The molecule has 1 aliphatic heterocycles. The van der Waals surface area contributed by atoms with Gasteiger partial charge in [-0.15, -0.1) is 11.3 Å². The van der Waals surface area contributed by atoms with E-state index in [1.165, 1.54) is 23.8 Å². The van der Waals surface area contributed by atoms with Gasteiger partial charge in [0, 0.05) is 24.5 Å². The number of aromatic nitrogens is 2.